The van der Waals surface area contributed by atoms with Crippen molar-refractivity contribution in [2.24, 2.45) is 5.10 Å². The summed E-state index contributed by atoms with van der Waals surface area (Å²) < 4.78 is 0. The fourth-order valence-corrected chi connectivity index (χ4v) is 2.00. The van der Waals surface area contributed by atoms with Crippen LogP contribution in [0.15, 0.2) is 47.6 Å². The fourth-order valence-electron chi connectivity index (χ4n) is 1.85. The Balaban J connectivity index is 2.22. The summed E-state index contributed by atoms with van der Waals surface area (Å²) in [5.41, 5.74) is 8.55. The van der Waals surface area contributed by atoms with Crippen LogP contribution in [0.3, 0.4) is 0 Å². The lowest BCUT2D eigenvalue weighted by Crippen LogP contribution is -1.99. The predicted molar refractivity (Wildman–Crippen MR) is 83.1 cm³/mol. The van der Waals surface area contributed by atoms with Crippen molar-refractivity contribution in [1.29, 1.82) is 0 Å². The number of rotatable bonds is 3. The number of anilines is 1. The number of para-hydroxylation sites is 1. The van der Waals surface area contributed by atoms with E-state index in [1.807, 2.05) is 30.3 Å². The minimum absolute atomic E-state index is 0.468. The topological polar surface area (TPSA) is 24.4 Å². The largest absolute Gasteiger partial charge is 0.277 e. The highest BCUT2D eigenvalue weighted by Crippen LogP contribution is 2.17. The monoisotopic (exact) mass is 272 g/mol. The van der Waals surface area contributed by atoms with Crippen LogP contribution in [0.1, 0.15) is 22.3 Å². The average Bonchev–Trinajstić information content (AvgIpc) is 2.42. The van der Waals surface area contributed by atoms with Crippen molar-refractivity contribution < 1.29 is 0 Å². The Hall–Kier alpha value is -1.80. The van der Waals surface area contributed by atoms with Crippen LogP contribution in [0.25, 0.3) is 0 Å². The van der Waals surface area contributed by atoms with E-state index in [1.165, 1.54) is 16.7 Å². The van der Waals surface area contributed by atoms with Crippen LogP contribution >= 0.6 is 11.6 Å². The summed E-state index contributed by atoms with van der Waals surface area (Å²) in [6, 6.07) is 13.9. The van der Waals surface area contributed by atoms with Gasteiger partial charge in [-0.05, 0) is 61.7 Å². The maximum Gasteiger partial charge on any atom is 0.156 e. The van der Waals surface area contributed by atoms with Crippen LogP contribution < -0.4 is 5.43 Å². The number of nitrogens with zero attached hydrogens (tertiary/aromatic N) is 1. The third-order valence-corrected chi connectivity index (χ3v) is 3.52. The molecular weight excluding hydrogens is 256 g/mol. The lowest BCUT2D eigenvalue weighted by Gasteiger charge is -2.08. The molecule has 0 unspecified atom stereocenters. The van der Waals surface area contributed by atoms with Crippen molar-refractivity contribution >= 4 is 22.5 Å². The average molecular weight is 273 g/mol. The molecule has 2 nitrogen and oxygen atoms in total. The van der Waals surface area contributed by atoms with Crippen molar-refractivity contribution in [2.45, 2.75) is 20.8 Å². The second-order valence-electron chi connectivity index (χ2n) is 4.62. The van der Waals surface area contributed by atoms with Gasteiger partial charge in [-0.25, -0.2) is 0 Å². The summed E-state index contributed by atoms with van der Waals surface area (Å²) >= 11 is 6.24. The Morgan fingerprint density at radius 3 is 2.16 bits per heavy atom. The van der Waals surface area contributed by atoms with Gasteiger partial charge >= 0.3 is 0 Å². The smallest absolute Gasteiger partial charge is 0.156 e. The molecule has 0 aliphatic heterocycles. The Kier molecular flexibility index (Phi) is 4.23. The number of halogens is 1. The fraction of sp³-hybridized carbons (Fsp3) is 0.188. The molecule has 0 amide bonds. The molecule has 0 aromatic heterocycles. The molecule has 0 bridgehead atoms. The van der Waals surface area contributed by atoms with E-state index in [1.54, 1.807) is 0 Å². The summed E-state index contributed by atoms with van der Waals surface area (Å²) in [5.74, 6) is 0. The van der Waals surface area contributed by atoms with E-state index < -0.39 is 0 Å². The molecule has 0 aliphatic rings. The van der Waals surface area contributed by atoms with E-state index in [9.17, 15) is 0 Å². The first-order valence-corrected chi connectivity index (χ1v) is 6.58. The number of hydrogen-bond acceptors (Lipinski definition) is 2. The molecule has 0 heterocycles. The minimum atomic E-state index is 0.468. The SMILES string of the molecule is Cc1cc(C(Cl)=NNc2ccccc2)cc(C)c1C. The zero-order chi connectivity index (χ0) is 13.8. The van der Waals surface area contributed by atoms with Gasteiger partial charge in [-0.2, -0.15) is 5.10 Å². The van der Waals surface area contributed by atoms with E-state index in [0.717, 1.165) is 11.3 Å². The first-order valence-electron chi connectivity index (χ1n) is 6.20. The summed E-state index contributed by atoms with van der Waals surface area (Å²) in [6.07, 6.45) is 0. The van der Waals surface area contributed by atoms with Crippen LogP contribution in [0.4, 0.5) is 5.69 Å². The number of aryl methyl sites for hydroxylation is 2. The maximum atomic E-state index is 6.24. The molecule has 19 heavy (non-hydrogen) atoms. The molecular formula is C16H17ClN2. The number of nitrogens with one attached hydrogen (secondary N) is 1. The van der Waals surface area contributed by atoms with Gasteiger partial charge in [-0.3, -0.25) is 5.43 Å². The zero-order valence-corrected chi connectivity index (χ0v) is 12.1. The van der Waals surface area contributed by atoms with Gasteiger partial charge in [-0.15, -0.1) is 0 Å². The van der Waals surface area contributed by atoms with Crippen molar-refractivity contribution in [3.8, 4) is 0 Å². The van der Waals surface area contributed by atoms with Crippen LogP contribution in [-0.2, 0) is 0 Å². The van der Waals surface area contributed by atoms with Gasteiger partial charge in [0, 0.05) is 5.56 Å². The van der Waals surface area contributed by atoms with E-state index in [-0.39, 0.29) is 0 Å². The van der Waals surface area contributed by atoms with Gasteiger partial charge in [0.05, 0.1) is 5.69 Å². The number of benzene rings is 2. The molecule has 0 aliphatic carbocycles. The predicted octanol–water partition coefficient (Wildman–Crippen LogP) is 4.62. The highest BCUT2D eigenvalue weighted by molar-refractivity contribution is 6.69. The molecule has 0 atom stereocenters. The minimum Gasteiger partial charge on any atom is -0.277 e. The van der Waals surface area contributed by atoms with Gasteiger partial charge in [-0.1, -0.05) is 29.8 Å². The van der Waals surface area contributed by atoms with Gasteiger partial charge in [0.15, 0.2) is 5.17 Å². The van der Waals surface area contributed by atoms with Crippen LogP contribution in [0.5, 0.6) is 0 Å². The van der Waals surface area contributed by atoms with Crippen molar-refractivity contribution in [3.05, 3.63) is 64.7 Å². The molecule has 1 N–H and O–H groups in total. The summed E-state index contributed by atoms with van der Waals surface area (Å²) in [6.45, 7) is 6.28. The first kappa shape index (κ1) is 13.6. The second kappa shape index (κ2) is 5.89. The number of hydrogen-bond donors (Lipinski definition) is 1. The maximum absolute atomic E-state index is 6.24. The highest BCUT2D eigenvalue weighted by Gasteiger charge is 2.05. The molecule has 2 rings (SSSR count). The van der Waals surface area contributed by atoms with Crippen molar-refractivity contribution in [3.63, 3.8) is 0 Å². The van der Waals surface area contributed by atoms with E-state index in [4.69, 9.17) is 11.6 Å². The lowest BCUT2D eigenvalue weighted by atomic mass is 10.0. The van der Waals surface area contributed by atoms with Gasteiger partial charge < -0.3 is 0 Å². The molecule has 3 heteroatoms. The van der Waals surface area contributed by atoms with Gasteiger partial charge in [0.25, 0.3) is 0 Å². The molecule has 0 radical (unpaired) electrons. The molecule has 0 fully saturated rings. The molecule has 0 saturated carbocycles. The normalized spacial score (nSPS) is 11.5. The Bertz CT molecular complexity index is 580. The Labute approximate surface area is 119 Å². The van der Waals surface area contributed by atoms with E-state index >= 15 is 0 Å². The van der Waals surface area contributed by atoms with Crippen molar-refractivity contribution in [2.75, 3.05) is 5.43 Å². The first-order chi connectivity index (χ1) is 9.08. The van der Waals surface area contributed by atoms with E-state index in [0.29, 0.717) is 5.17 Å². The number of hydrazone groups is 1. The Morgan fingerprint density at radius 2 is 1.58 bits per heavy atom. The lowest BCUT2D eigenvalue weighted by molar-refractivity contribution is 1.26. The highest BCUT2D eigenvalue weighted by atomic mass is 35.5. The summed E-state index contributed by atoms with van der Waals surface area (Å²) in [4.78, 5) is 0. The molecule has 0 saturated heterocycles. The van der Waals surface area contributed by atoms with Crippen LogP contribution in [0.2, 0.25) is 0 Å². The van der Waals surface area contributed by atoms with E-state index in [2.05, 4.69) is 43.4 Å². The van der Waals surface area contributed by atoms with Crippen molar-refractivity contribution in [1.82, 2.24) is 0 Å². The third kappa shape index (κ3) is 3.36. The van der Waals surface area contributed by atoms with Crippen LogP contribution in [-0.4, -0.2) is 5.17 Å². The quantitative estimate of drug-likeness (QED) is 0.640. The summed E-state index contributed by atoms with van der Waals surface area (Å²) in [7, 11) is 0. The van der Waals surface area contributed by atoms with Gasteiger partial charge in [0.1, 0.15) is 0 Å². The third-order valence-electron chi connectivity index (χ3n) is 3.22. The molecule has 0 spiro atoms. The second-order valence-corrected chi connectivity index (χ2v) is 4.97. The van der Waals surface area contributed by atoms with Gasteiger partial charge in [0.2, 0.25) is 0 Å². The molecule has 2 aromatic rings. The standard InChI is InChI=1S/C16H17ClN2/c1-11-9-14(10-12(2)13(11)3)16(17)19-18-15-7-5-4-6-8-15/h4-10,18H,1-3H3. The zero-order valence-electron chi connectivity index (χ0n) is 11.4. The van der Waals surface area contributed by atoms with Crippen LogP contribution in [0, 0.1) is 20.8 Å². The Morgan fingerprint density at radius 1 is 1.00 bits per heavy atom. The molecule has 98 valence electrons. The molecule has 2 aromatic carbocycles. The summed E-state index contributed by atoms with van der Waals surface area (Å²) in [5, 5.41) is 4.68.